The van der Waals surface area contributed by atoms with E-state index in [0.717, 1.165) is 25.9 Å². The minimum Gasteiger partial charge on any atom is -0.481 e. The molecule has 1 saturated heterocycles. The van der Waals surface area contributed by atoms with Gasteiger partial charge in [-0.1, -0.05) is 26.2 Å². The molecule has 1 aliphatic heterocycles. The van der Waals surface area contributed by atoms with E-state index in [0.29, 0.717) is 6.04 Å². The van der Waals surface area contributed by atoms with Gasteiger partial charge in [-0.2, -0.15) is 0 Å². The van der Waals surface area contributed by atoms with Crippen LogP contribution in [-0.4, -0.2) is 35.1 Å². The first-order valence-corrected chi connectivity index (χ1v) is 6.97. The Morgan fingerprint density at radius 1 is 1.47 bits per heavy atom. The predicted octanol–water partition coefficient (Wildman–Crippen LogP) is 3.14. The summed E-state index contributed by atoms with van der Waals surface area (Å²) in [4.78, 5) is 13.6. The molecule has 3 heteroatoms. The topological polar surface area (TPSA) is 40.5 Å². The number of piperidine rings is 1. The number of unbranched alkanes of at least 4 members (excludes halogenated alkanes) is 2. The second-order valence-electron chi connectivity index (χ2n) is 5.78. The zero-order valence-corrected chi connectivity index (χ0v) is 11.5. The molecule has 0 aromatic heterocycles. The third-order valence-electron chi connectivity index (χ3n) is 4.09. The van der Waals surface area contributed by atoms with E-state index in [1.807, 2.05) is 6.92 Å². The number of hydrogen-bond acceptors (Lipinski definition) is 2. The van der Waals surface area contributed by atoms with Gasteiger partial charge < -0.3 is 5.11 Å². The van der Waals surface area contributed by atoms with Crippen LogP contribution in [0, 0.1) is 5.41 Å². The van der Waals surface area contributed by atoms with E-state index in [2.05, 4.69) is 18.7 Å². The molecule has 0 radical (unpaired) electrons. The van der Waals surface area contributed by atoms with Gasteiger partial charge in [0.25, 0.3) is 0 Å². The van der Waals surface area contributed by atoms with Crippen molar-refractivity contribution >= 4 is 5.97 Å². The highest BCUT2D eigenvalue weighted by Crippen LogP contribution is 2.31. The van der Waals surface area contributed by atoms with E-state index in [9.17, 15) is 9.90 Å². The lowest BCUT2D eigenvalue weighted by Crippen LogP contribution is -2.49. The van der Waals surface area contributed by atoms with E-state index in [1.54, 1.807) is 0 Å². The van der Waals surface area contributed by atoms with Crippen LogP contribution in [0.5, 0.6) is 0 Å². The second kappa shape index (κ2) is 6.39. The summed E-state index contributed by atoms with van der Waals surface area (Å²) >= 11 is 0. The first-order valence-electron chi connectivity index (χ1n) is 6.97. The molecule has 3 nitrogen and oxygen atoms in total. The number of rotatable bonds is 6. The summed E-state index contributed by atoms with van der Waals surface area (Å²) in [5, 5.41) is 9.28. The SMILES string of the molecule is CCCCCC(C)N1CCCC(C)(C(=O)O)C1. The maximum atomic E-state index is 11.3. The number of hydrogen-bond donors (Lipinski definition) is 1. The molecule has 0 bridgehead atoms. The van der Waals surface area contributed by atoms with Gasteiger partial charge in [0.2, 0.25) is 0 Å². The Morgan fingerprint density at radius 2 is 2.18 bits per heavy atom. The van der Waals surface area contributed by atoms with Crippen LogP contribution in [0.4, 0.5) is 0 Å². The van der Waals surface area contributed by atoms with Gasteiger partial charge in [-0.3, -0.25) is 9.69 Å². The lowest BCUT2D eigenvalue weighted by Gasteiger charge is -2.40. The van der Waals surface area contributed by atoms with Crippen molar-refractivity contribution in [3.63, 3.8) is 0 Å². The average Bonchev–Trinajstić information content (AvgIpc) is 2.29. The van der Waals surface area contributed by atoms with Crippen molar-refractivity contribution in [1.29, 1.82) is 0 Å². The van der Waals surface area contributed by atoms with Gasteiger partial charge in [0.05, 0.1) is 5.41 Å². The molecule has 2 unspecified atom stereocenters. The molecule has 1 fully saturated rings. The standard InChI is InChI=1S/C14H27NO2/c1-4-5-6-8-12(2)15-10-7-9-14(3,11-15)13(16)17/h12H,4-11H2,1-3H3,(H,16,17). The molecule has 100 valence electrons. The van der Waals surface area contributed by atoms with Crippen molar-refractivity contribution in [1.82, 2.24) is 4.90 Å². The van der Waals surface area contributed by atoms with Gasteiger partial charge in [-0.05, 0) is 39.7 Å². The summed E-state index contributed by atoms with van der Waals surface area (Å²) in [5.41, 5.74) is -0.530. The number of carboxylic acid groups (broad SMARTS) is 1. The molecule has 1 N–H and O–H groups in total. The fourth-order valence-electron chi connectivity index (χ4n) is 2.70. The predicted molar refractivity (Wildman–Crippen MR) is 70.2 cm³/mol. The fourth-order valence-corrected chi connectivity index (χ4v) is 2.70. The average molecular weight is 241 g/mol. The molecule has 0 aliphatic carbocycles. The Kier molecular flexibility index (Phi) is 5.44. The first kappa shape index (κ1) is 14.5. The van der Waals surface area contributed by atoms with Crippen LogP contribution in [0.1, 0.15) is 59.3 Å². The molecule has 17 heavy (non-hydrogen) atoms. The number of aliphatic carboxylic acids is 1. The van der Waals surface area contributed by atoms with Crippen molar-refractivity contribution in [2.45, 2.75) is 65.3 Å². The van der Waals surface area contributed by atoms with E-state index in [-0.39, 0.29) is 0 Å². The van der Waals surface area contributed by atoms with Gasteiger partial charge in [-0.25, -0.2) is 0 Å². The third kappa shape index (κ3) is 3.98. The van der Waals surface area contributed by atoms with E-state index >= 15 is 0 Å². The number of likely N-dealkylation sites (tertiary alicyclic amines) is 1. The van der Waals surface area contributed by atoms with Crippen LogP contribution < -0.4 is 0 Å². The molecule has 0 amide bonds. The van der Waals surface area contributed by atoms with Crippen LogP contribution in [-0.2, 0) is 4.79 Å². The van der Waals surface area contributed by atoms with Gasteiger partial charge in [0.15, 0.2) is 0 Å². The maximum Gasteiger partial charge on any atom is 0.310 e. The third-order valence-corrected chi connectivity index (χ3v) is 4.09. The van der Waals surface area contributed by atoms with Crippen LogP contribution in [0.15, 0.2) is 0 Å². The van der Waals surface area contributed by atoms with E-state index in [4.69, 9.17) is 0 Å². The van der Waals surface area contributed by atoms with Gasteiger partial charge in [0, 0.05) is 12.6 Å². The summed E-state index contributed by atoms with van der Waals surface area (Å²) < 4.78 is 0. The summed E-state index contributed by atoms with van der Waals surface area (Å²) in [6.45, 7) is 8.13. The molecule has 0 aromatic carbocycles. The van der Waals surface area contributed by atoms with Crippen LogP contribution in [0.3, 0.4) is 0 Å². The van der Waals surface area contributed by atoms with Crippen LogP contribution in [0.2, 0.25) is 0 Å². The fraction of sp³-hybridized carbons (Fsp3) is 0.929. The quantitative estimate of drug-likeness (QED) is 0.726. The molecule has 1 heterocycles. The monoisotopic (exact) mass is 241 g/mol. The van der Waals surface area contributed by atoms with Crippen molar-refractivity contribution in [3.05, 3.63) is 0 Å². The Bertz CT molecular complexity index is 255. The molecule has 1 rings (SSSR count). The summed E-state index contributed by atoms with van der Waals surface area (Å²) in [6.07, 6.45) is 6.83. The minimum atomic E-state index is -0.636. The highest BCUT2D eigenvalue weighted by atomic mass is 16.4. The molecule has 1 aliphatic rings. The van der Waals surface area contributed by atoms with E-state index < -0.39 is 11.4 Å². The number of carboxylic acids is 1. The Hall–Kier alpha value is -0.570. The molecular formula is C14H27NO2. The van der Waals surface area contributed by atoms with Gasteiger partial charge >= 0.3 is 5.97 Å². The van der Waals surface area contributed by atoms with Crippen molar-refractivity contribution in [3.8, 4) is 0 Å². The Morgan fingerprint density at radius 3 is 2.76 bits per heavy atom. The molecular weight excluding hydrogens is 214 g/mol. The molecule has 0 saturated carbocycles. The lowest BCUT2D eigenvalue weighted by atomic mass is 9.81. The normalized spacial score (nSPS) is 27.9. The number of nitrogens with zero attached hydrogens (tertiary/aromatic N) is 1. The van der Waals surface area contributed by atoms with Crippen LogP contribution >= 0.6 is 0 Å². The molecule has 0 spiro atoms. The summed E-state index contributed by atoms with van der Waals surface area (Å²) in [6, 6.07) is 0.528. The summed E-state index contributed by atoms with van der Waals surface area (Å²) in [7, 11) is 0. The maximum absolute atomic E-state index is 11.3. The highest BCUT2D eigenvalue weighted by Gasteiger charge is 2.38. The van der Waals surface area contributed by atoms with Gasteiger partial charge in [-0.15, -0.1) is 0 Å². The zero-order valence-electron chi connectivity index (χ0n) is 11.5. The zero-order chi connectivity index (χ0) is 12.9. The largest absolute Gasteiger partial charge is 0.481 e. The van der Waals surface area contributed by atoms with Gasteiger partial charge in [0.1, 0.15) is 0 Å². The van der Waals surface area contributed by atoms with E-state index in [1.165, 1.54) is 25.7 Å². The van der Waals surface area contributed by atoms with Crippen molar-refractivity contribution in [2.75, 3.05) is 13.1 Å². The lowest BCUT2D eigenvalue weighted by molar-refractivity contribution is -0.151. The molecule has 2 atom stereocenters. The Labute approximate surface area is 105 Å². The summed E-state index contributed by atoms with van der Waals surface area (Å²) in [5.74, 6) is -0.636. The second-order valence-corrected chi connectivity index (χ2v) is 5.78. The van der Waals surface area contributed by atoms with Crippen molar-refractivity contribution < 1.29 is 9.90 Å². The number of carbonyl (C=O) groups is 1. The van der Waals surface area contributed by atoms with Crippen LogP contribution in [0.25, 0.3) is 0 Å². The smallest absolute Gasteiger partial charge is 0.310 e. The van der Waals surface area contributed by atoms with Crippen molar-refractivity contribution in [2.24, 2.45) is 5.41 Å². The Balaban J connectivity index is 2.45. The molecule has 0 aromatic rings. The highest BCUT2D eigenvalue weighted by molar-refractivity contribution is 5.74. The first-order chi connectivity index (χ1) is 7.99. The minimum absolute atomic E-state index is 0.528.